The molecule has 3 aromatic rings. The minimum Gasteiger partial charge on any atom is -0.464 e. The minimum absolute atomic E-state index is 0.101. The summed E-state index contributed by atoms with van der Waals surface area (Å²) >= 11 is 0. The molecular formula is C31H37N3O5. The molecule has 2 aromatic heterocycles. The molecule has 1 fully saturated rings. The molecule has 1 saturated carbocycles. The van der Waals surface area contributed by atoms with Gasteiger partial charge in [-0.15, -0.1) is 0 Å². The van der Waals surface area contributed by atoms with Gasteiger partial charge in [0.2, 0.25) is 0 Å². The molecule has 2 N–H and O–H groups in total. The van der Waals surface area contributed by atoms with Crippen LogP contribution in [0.1, 0.15) is 70.9 Å². The number of carbonyl (C=O) groups excluding carboxylic acids is 1. The summed E-state index contributed by atoms with van der Waals surface area (Å²) in [5.41, 5.74) is 5.30. The molecule has 0 spiro atoms. The molecule has 0 radical (unpaired) electrons. The third-order valence-electron chi connectivity index (χ3n) is 8.98. The van der Waals surface area contributed by atoms with E-state index in [0.29, 0.717) is 47.4 Å². The summed E-state index contributed by atoms with van der Waals surface area (Å²) in [4.78, 5) is 31.4. The predicted molar refractivity (Wildman–Crippen MR) is 148 cm³/mol. The number of H-pyrrole nitrogens is 1. The van der Waals surface area contributed by atoms with E-state index in [1.54, 1.807) is 11.2 Å². The molecular weight excluding hydrogens is 494 g/mol. The van der Waals surface area contributed by atoms with Crippen molar-refractivity contribution in [1.82, 2.24) is 15.2 Å². The zero-order valence-electron chi connectivity index (χ0n) is 23.4. The first-order valence-corrected chi connectivity index (χ1v) is 14.0. The summed E-state index contributed by atoms with van der Waals surface area (Å²) in [6.07, 6.45) is 6.42. The number of fused-ring (bicyclic) bond motifs is 2. The van der Waals surface area contributed by atoms with Crippen LogP contribution in [0, 0.1) is 26.7 Å². The van der Waals surface area contributed by atoms with Crippen molar-refractivity contribution < 1.29 is 18.7 Å². The standard InChI is InChI=1S/C31H37N3O5/c1-17-15-18(2)33-29(35)23(17)16-34-13-12-22-25(30(34)36)19(3)27-28(26(22)24-7-6-14-37-24)39-31(4,38-27)20-8-10-21(32-5)11-9-20/h6-7,14-15,20-21,32H,8-13,16H2,1-5H3,(H,33,35)/t20-,21-,31?. The van der Waals surface area contributed by atoms with Gasteiger partial charge >= 0.3 is 0 Å². The van der Waals surface area contributed by atoms with Gasteiger partial charge in [-0.1, -0.05) is 0 Å². The SMILES string of the molecule is CN[C@H]1CC[C@H](C2(C)Oc3c(C)c4c(c(-c5ccco5)c3O2)CCN(Cc2c(C)cc(C)[nH]c2=O)C4=O)CC1. The number of carbonyl (C=O) groups is 1. The zero-order valence-corrected chi connectivity index (χ0v) is 23.4. The highest BCUT2D eigenvalue weighted by Gasteiger charge is 2.49. The van der Waals surface area contributed by atoms with Crippen LogP contribution >= 0.6 is 0 Å². The predicted octanol–water partition coefficient (Wildman–Crippen LogP) is 5.02. The molecule has 1 atom stereocenters. The molecule has 0 bridgehead atoms. The van der Waals surface area contributed by atoms with E-state index in [2.05, 4.69) is 10.3 Å². The lowest BCUT2D eigenvalue weighted by Gasteiger charge is -2.37. The second kappa shape index (κ2) is 9.59. The lowest BCUT2D eigenvalue weighted by Crippen LogP contribution is -2.46. The molecule has 1 aliphatic carbocycles. The Morgan fingerprint density at radius 3 is 2.49 bits per heavy atom. The van der Waals surface area contributed by atoms with Crippen molar-refractivity contribution >= 4 is 5.91 Å². The molecule has 206 valence electrons. The van der Waals surface area contributed by atoms with Gasteiger partial charge in [0.05, 0.1) is 23.9 Å². The molecule has 6 rings (SSSR count). The fourth-order valence-electron chi connectivity index (χ4n) is 6.75. The Kier molecular flexibility index (Phi) is 6.33. The smallest absolute Gasteiger partial charge is 0.254 e. The van der Waals surface area contributed by atoms with E-state index in [-0.39, 0.29) is 23.9 Å². The number of aromatic nitrogens is 1. The number of benzene rings is 1. The van der Waals surface area contributed by atoms with Crippen LogP contribution < -0.4 is 20.3 Å². The number of nitrogens with one attached hydrogen (secondary N) is 2. The van der Waals surface area contributed by atoms with Crippen LogP contribution in [0.3, 0.4) is 0 Å². The van der Waals surface area contributed by atoms with Gasteiger partial charge in [-0.2, -0.15) is 0 Å². The molecule has 1 unspecified atom stereocenters. The first-order valence-electron chi connectivity index (χ1n) is 14.0. The van der Waals surface area contributed by atoms with E-state index >= 15 is 0 Å². The van der Waals surface area contributed by atoms with Crippen LogP contribution in [0.5, 0.6) is 11.5 Å². The normalized spacial score (nSPS) is 24.2. The second-order valence-electron chi connectivity index (χ2n) is 11.5. The van der Waals surface area contributed by atoms with Crippen molar-refractivity contribution in [1.29, 1.82) is 0 Å². The molecule has 8 nitrogen and oxygen atoms in total. The van der Waals surface area contributed by atoms with E-state index in [1.165, 1.54) is 0 Å². The van der Waals surface area contributed by atoms with Crippen molar-refractivity contribution in [2.24, 2.45) is 5.92 Å². The first kappa shape index (κ1) is 25.7. The monoisotopic (exact) mass is 531 g/mol. The summed E-state index contributed by atoms with van der Waals surface area (Å²) in [7, 11) is 2.02. The number of aromatic amines is 1. The molecule has 0 saturated heterocycles. The second-order valence-corrected chi connectivity index (χ2v) is 11.5. The third-order valence-corrected chi connectivity index (χ3v) is 8.98. The quantitative estimate of drug-likeness (QED) is 0.480. The van der Waals surface area contributed by atoms with Gasteiger partial charge in [-0.25, -0.2) is 0 Å². The lowest BCUT2D eigenvalue weighted by atomic mass is 9.81. The van der Waals surface area contributed by atoms with Gasteiger partial charge in [0.25, 0.3) is 17.3 Å². The van der Waals surface area contributed by atoms with Crippen LogP contribution in [0.2, 0.25) is 0 Å². The Labute approximate surface area is 228 Å². The molecule has 1 amide bonds. The highest BCUT2D eigenvalue weighted by molar-refractivity contribution is 6.02. The summed E-state index contributed by atoms with van der Waals surface area (Å²) in [6.45, 7) is 8.52. The van der Waals surface area contributed by atoms with Crippen LogP contribution in [-0.2, 0) is 13.0 Å². The number of aryl methyl sites for hydroxylation is 2. The lowest BCUT2D eigenvalue weighted by molar-refractivity contribution is -0.121. The van der Waals surface area contributed by atoms with Crippen LogP contribution in [0.15, 0.2) is 33.7 Å². The van der Waals surface area contributed by atoms with Crippen molar-refractivity contribution in [3.8, 4) is 22.8 Å². The van der Waals surface area contributed by atoms with Crippen LogP contribution in [0.4, 0.5) is 0 Å². The number of nitrogens with zero attached hydrogens (tertiary/aromatic N) is 1. The molecule has 39 heavy (non-hydrogen) atoms. The number of amides is 1. The Bertz CT molecular complexity index is 1480. The summed E-state index contributed by atoms with van der Waals surface area (Å²) in [5.74, 6) is 1.28. The first-order chi connectivity index (χ1) is 18.7. The van der Waals surface area contributed by atoms with Crippen LogP contribution in [-0.4, -0.2) is 41.2 Å². The maximum absolute atomic E-state index is 14.1. The van der Waals surface area contributed by atoms with E-state index in [9.17, 15) is 9.59 Å². The molecule has 4 heterocycles. The van der Waals surface area contributed by atoms with Gasteiger partial charge in [0, 0.05) is 42.2 Å². The van der Waals surface area contributed by atoms with Gasteiger partial charge in [0.1, 0.15) is 5.76 Å². The zero-order chi connectivity index (χ0) is 27.5. The number of ether oxygens (including phenoxy) is 2. The van der Waals surface area contributed by atoms with Crippen molar-refractivity contribution in [2.45, 2.75) is 78.2 Å². The van der Waals surface area contributed by atoms with E-state index in [1.807, 2.05) is 52.9 Å². The topological polar surface area (TPSA) is 96.8 Å². The van der Waals surface area contributed by atoms with E-state index in [0.717, 1.165) is 53.6 Å². The fourth-order valence-corrected chi connectivity index (χ4v) is 6.75. The van der Waals surface area contributed by atoms with Crippen LogP contribution in [0.25, 0.3) is 11.3 Å². The molecule has 1 aromatic carbocycles. The van der Waals surface area contributed by atoms with Gasteiger partial charge in [-0.05, 0) is 89.2 Å². The highest BCUT2D eigenvalue weighted by Crippen LogP contribution is 2.55. The van der Waals surface area contributed by atoms with E-state index < -0.39 is 5.79 Å². The minimum atomic E-state index is -0.813. The Morgan fingerprint density at radius 2 is 1.82 bits per heavy atom. The van der Waals surface area contributed by atoms with Gasteiger partial charge in [0.15, 0.2) is 11.5 Å². The average molecular weight is 532 g/mol. The Morgan fingerprint density at radius 1 is 1.08 bits per heavy atom. The maximum Gasteiger partial charge on any atom is 0.254 e. The van der Waals surface area contributed by atoms with Gasteiger partial charge in [-0.3, -0.25) is 9.59 Å². The van der Waals surface area contributed by atoms with Gasteiger partial charge < -0.3 is 29.1 Å². The van der Waals surface area contributed by atoms with Crippen molar-refractivity contribution in [2.75, 3.05) is 13.6 Å². The number of hydrogen-bond donors (Lipinski definition) is 2. The Hall–Kier alpha value is -3.52. The number of pyridine rings is 1. The molecule has 2 aliphatic heterocycles. The summed E-state index contributed by atoms with van der Waals surface area (Å²) in [5, 5.41) is 3.40. The van der Waals surface area contributed by atoms with Crippen molar-refractivity contribution in [3.63, 3.8) is 0 Å². The highest BCUT2D eigenvalue weighted by atomic mass is 16.7. The molecule has 8 heteroatoms. The largest absolute Gasteiger partial charge is 0.464 e. The number of furan rings is 1. The van der Waals surface area contributed by atoms with E-state index in [4.69, 9.17) is 13.9 Å². The van der Waals surface area contributed by atoms with Crippen molar-refractivity contribution in [3.05, 3.63) is 68.3 Å². The Balaban J connectivity index is 1.40. The average Bonchev–Trinajstić information content (AvgIpc) is 3.56. The number of hydrogen-bond acceptors (Lipinski definition) is 6. The maximum atomic E-state index is 14.1. The number of rotatable bonds is 5. The molecule has 3 aliphatic rings. The summed E-state index contributed by atoms with van der Waals surface area (Å²) < 4.78 is 19.3. The third kappa shape index (κ3) is 4.25. The summed E-state index contributed by atoms with van der Waals surface area (Å²) in [6, 6.07) is 6.23. The fraction of sp³-hybridized carbons (Fsp3) is 0.484.